The number of rotatable bonds is 5. The van der Waals surface area contributed by atoms with Crippen molar-refractivity contribution in [2.45, 2.75) is 37.8 Å². The van der Waals surface area contributed by atoms with Gasteiger partial charge in [0, 0.05) is 37.1 Å². The Labute approximate surface area is 148 Å². The topological polar surface area (TPSA) is 79.4 Å². The molecule has 1 N–H and O–H groups in total. The van der Waals surface area contributed by atoms with E-state index < -0.39 is 15.6 Å². The number of hydrogen-bond donors (Lipinski definition) is 1. The Morgan fingerprint density at radius 3 is 2.16 bits per heavy atom. The lowest BCUT2D eigenvalue weighted by Crippen LogP contribution is -2.40. The largest absolute Gasteiger partial charge is 0.337 e. The number of carbonyl (C=O) groups excluding carboxylic acids is 1. The highest BCUT2D eigenvalue weighted by Gasteiger charge is 2.22. The SMILES string of the molecule is CN(Cc1ccncc1)C(=O)c1ccc(S(=O)(=O)NC(C)(C)C)cc1. The van der Waals surface area contributed by atoms with Gasteiger partial charge in [-0.25, -0.2) is 13.1 Å². The molecule has 0 aliphatic rings. The van der Waals surface area contributed by atoms with Gasteiger partial charge in [-0.15, -0.1) is 0 Å². The number of sulfonamides is 1. The second-order valence-corrected chi connectivity index (χ2v) is 8.58. The predicted molar refractivity (Wildman–Crippen MR) is 96.6 cm³/mol. The van der Waals surface area contributed by atoms with Crippen LogP contribution >= 0.6 is 0 Å². The van der Waals surface area contributed by atoms with Crippen LogP contribution in [0.1, 0.15) is 36.7 Å². The van der Waals surface area contributed by atoms with E-state index in [0.29, 0.717) is 12.1 Å². The first-order chi connectivity index (χ1) is 11.6. The monoisotopic (exact) mass is 361 g/mol. The molecule has 0 saturated carbocycles. The number of nitrogens with zero attached hydrogens (tertiary/aromatic N) is 2. The second kappa shape index (κ2) is 7.33. The molecule has 0 atom stereocenters. The Kier molecular flexibility index (Phi) is 5.59. The molecule has 6 nitrogen and oxygen atoms in total. The zero-order valence-corrected chi connectivity index (χ0v) is 15.7. The van der Waals surface area contributed by atoms with Crippen molar-refractivity contribution in [3.8, 4) is 0 Å². The lowest BCUT2D eigenvalue weighted by molar-refractivity contribution is 0.0785. The Balaban J connectivity index is 2.12. The summed E-state index contributed by atoms with van der Waals surface area (Å²) in [5, 5.41) is 0. The fraction of sp³-hybridized carbons (Fsp3) is 0.333. The zero-order chi connectivity index (χ0) is 18.7. The predicted octanol–water partition coefficient (Wildman–Crippen LogP) is 2.43. The van der Waals surface area contributed by atoms with E-state index >= 15 is 0 Å². The van der Waals surface area contributed by atoms with Crippen LogP contribution in [0, 0.1) is 0 Å². The molecule has 0 saturated heterocycles. The third kappa shape index (κ3) is 5.37. The van der Waals surface area contributed by atoms with E-state index in [2.05, 4.69) is 9.71 Å². The molecule has 2 aromatic rings. The summed E-state index contributed by atoms with van der Waals surface area (Å²) in [6, 6.07) is 9.64. The molecule has 7 heteroatoms. The van der Waals surface area contributed by atoms with Gasteiger partial charge in [0.2, 0.25) is 10.0 Å². The molecule has 1 aromatic carbocycles. The van der Waals surface area contributed by atoms with Gasteiger partial charge >= 0.3 is 0 Å². The van der Waals surface area contributed by atoms with Crippen molar-refractivity contribution in [1.82, 2.24) is 14.6 Å². The van der Waals surface area contributed by atoms with Crippen molar-refractivity contribution in [2.24, 2.45) is 0 Å². The van der Waals surface area contributed by atoms with Gasteiger partial charge in [0.15, 0.2) is 0 Å². The molecule has 1 heterocycles. The third-order valence-corrected chi connectivity index (χ3v) is 5.14. The lowest BCUT2D eigenvalue weighted by Gasteiger charge is -2.20. The van der Waals surface area contributed by atoms with Crippen molar-refractivity contribution in [2.75, 3.05) is 7.05 Å². The number of aromatic nitrogens is 1. The van der Waals surface area contributed by atoms with Gasteiger partial charge < -0.3 is 4.90 Å². The van der Waals surface area contributed by atoms with E-state index in [9.17, 15) is 13.2 Å². The molecule has 0 fully saturated rings. The van der Waals surface area contributed by atoms with Crippen molar-refractivity contribution in [3.05, 3.63) is 59.9 Å². The summed E-state index contributed by atoms with van der Waals surface area (Å²) in [4.78, 5) is 18.1. The van der Waals surface area contributed by atoms with E-state index in [0.717, 1.165) is 5.56 Å². The van der Waals surface area contributed by atoms with Gasteiger partial charge in [-0.2, -0.15) is 0 Å². The summed E-state index contributed by atoms with van der Waals surface area (Å²) in [5.74, 6) is -0.176. The second-order valence-electron chi connectivity index (χ2n) is 6.90. The molecule has 134 valence electrons. The molecule has 0 radical (unpaired) electrons. The molecule has 0 aliphatic carbocycles. The summed E-state index contributed by atoms with van der Waals surface area (Å²) in [6.45, 7) is 5.77. The van der Waals surface area contributed by atoms with Crippen LogP contribution in [0.2, 0.25) is 0 Å². The molecular weight excluding hydrogens is 338 g/mol. The fourth-order valence-corrected chi connectivity index (χ4v) is 3.71. The highest BCUT2D eigenvalue weighted by molar-refractivity contribution is 7.89. The molecule has 1 aromatic heterocycles. The van der Waals surface area contributed by atoms with E-state index in [1.165, 1.54) is 24.3 Å². The van der Waals surface area contributed by atoms with Crippen LogP contribution < -0.4 is 4.72 Å². The molecule has 0 unspecified atom stereocenters. The maximum absolute atomic E-state index is 12.5. The van der Waals surface area contributed by atoms with Crippen LogP contribution in [0.3, 0.4) is 0 Å². The van der Waals surface area contributed by atoms with E-state index in [1.807, 2.05) is 12.1 Å². The summed E-state index contributed by atoms with van der Waals surface area (Å²) in [6.07, 6.45) is 3.35. The maximum atomic E-state index is 12.5. The molecule has 1 amide bonds. The van der Waals surface area contributed by atoms with Crippen molar-refractivity contribution < 1.29 is 13.2 Å². The van der Waals surface area contributed by atoms with Gasteiger partial charge in [0.25, 0.3) is 5.91 Å². The average Bonchev–Trinajstić information content (AvgIpc) is 2.53. The van der Waals surface area contributed by atoms with Crippen LogP contribution in [-0.4, -0.2) is 36.8 Å². The quantitative estimate of drug-likeness (QED) is 0.887. The molecule has 25 heavy (non-hydrogen) atoms. The number of nitrogens with one attached hydrogen (secondary N) is 1. The molecule has 2 rings (SSSR count). The van der Waals surface area contributed by atoms with Gasteiger partial charge in [0.05, 0.1) is 4.90 Å². The van der Waals surface area contributed by atoms with Gasteiger partial charge in [-0.3, -0.25) is 9.78 Å². The van der Waals surface area contributed by atoms with Crippen LogP contribution in [0.25, 0.3) is 0 Å². The van der Waals surface area contributed by atoms with Crippen LogP contribution in [0.4, 0.5) is 0 Å². The number of hydrogen-bond acceptors (Lipinski definition) is 4. The Morgan fingerprint density at radius 2 is 1.64 bits per heavy atom. The van der Waals surface area contributed by atoms with Crippen LogP contribution in [-0.2, 0) is 16.6 Å². The average molecular weight is 361 g/mol. The van der Waals surface area contributed by atoms with Gasteiger partial charge in [-0.1, -0.05) is 0 Å². The molecule has 0 bridgehead atoms. The summed E-state index contributed by atoms with van der Waals surface area (Å²) < 4.78 is 27.2. The van der Waals surface area contributed by atoms with Gasteiger partial charge in [-0.05, 0) is 62.7 Å². The lowest BCUT2D eigenvalue weighted by atomic mass is 10.1. The number of pyridine rings is 1. The standard InChI is InChI=1S/C18H23N3O3S/c1-18(2,3)20-25(23,24)16-7-5-15(6-8-16)17(22)21(4)13-14-9-11-19-12-10-14/h5-12,20H,13H2,1-4H3. The number of benzene rings is 1. The molecular formula is C18H23N3O3S. The Hall–Kier alpha value is -2.25. The Morgan fingerprint density at radius 1 is 1.08 bits per heavy atom. The number of amides is 1. The summed E-state index contributed by atoms with van der Waals surface area (Å²) in [5.41, 5.74) is 0.837. The van der Waals surface area contributed by atoms with Crippen molar-refractivity contribution in [1.29, 1.82) is 0 Å². The van der Waals surface area contributed by atoms with Crippen molar-refractivity contribution >= 4 is 15.9 Å². The van der Waals surface area contributed by atoms with Crippen LogP contribution in [0.15, 0.2) is 53.7 Å². The Bertz CT molecular complexity index is 826. The maximum Gasteiger partial charge on any atom is 0.253 e. The first-order valence-electron chi connectivity index (χ1n) is 7.87. The van der Waals surface area contributed by atoms with E-state index in [-0.39, 0.29) is 10.8 Å². The zero-order valence-electron chi connectivity index (χ0n) is 14.9. The summed E-state index contributed by atoms with van der Waals surface area (Å²) >= 11 is 0. The minimum absolute atomic E-state index is 0.135. The minimum atomic E-state index is -3.61. The molecule has 0 spiro atoms. The van der Waals surface area contributed by atoms with Gasteiger partial charge in [0.1, 0.15) is 0 Å². The smallest absolute Gasteiger partial charge is 0.253 e. The van der Waals surface area contributed by atoms with E-state index in [1.54, 1.807) is 45.1 Å². The number of carbonyl (C=O) groups is 1. The molecule has 0 aliphatic heterocycles. The van der Waals surface area contributed by atoms with E-state index in [4.69, 9.17) is 0 Å². The summed E-state index contributed by atoms with van der Waals surface area (Å²) in [7, 11) is -1.91. The normalized spacial score (nSPS) is 12.0. The fourth-order valence-electron chi connectivity index (χ4n) is 2.29. The van der Waals surface area contributed by atoms with Crippen LogP contribution in [0.5, 0.6) is 0 Å². The third-order valence-electron chi connectivity index (χ3n) is 3.37. The van der Waals surface area contributed by atoms with Crippen molar-refractivity contribution in [3.63, 3.8) is 0 Å². The first kappa shape index (κ1) is 19.1. The highest BCUT2D eigenvalue weighted by atomic mass is 32.2. The minimum Gasteiger partial charge on any atom is -0.337 e. The first-order valence-corrected chi connectivity index (χ1v) is 9.35. The highest BCUT2D eigenvalue weighted by Crippen LogP contribution is 2.15.